The van der Waals surface area contributed by atoms with Crippen molar-refractivity contribution >= 4 is 17.6 Å². The quantitative estimate of drug-likeness (QED) is 0.625. The van der Waals surface area contributed by atoms with Crippen LogP contribution in [0.2, 0.25) is 0 Å². The van der Waals surface area contributed by atoms with E-state index in [0.717, 1.165) is 17.5 Å². The lowest BCUT2D eigenvalue weighted by Crippen LogP contribution is -2.02. The second kappa shape index (κ2) is 5.66. The Morgan fingerprint density at radius 2 is 2.28 bits per heavy atom. The third-order valence-electron chi connectivity index (χ3n) is 2.04. The van der Waals surface area contributed by atoms with Gasteiger partial charge in [0.15, 0.2) is 5.69 Å². The SMILES string of the molecule is N#CSc1c(C#N)n[nH]c1NCc1cnccn1. The molecular formula is C10H7N7S. The minimum Gasteiger partial charge on any atom is -0.364 e. The summed E-state index contributed by atoms with van der Waals surface area (Å²) in [5, 5.41) is 28.9. The first-order chi connectivity index (χ1) is 8.85. The second-order valence-electron chi connectivity index (χ2n) is 3.13. The molecule has 18 heavy (non-hydrogen) atoms. The van der Waals surface area contributed by atoms with E-state index in [1.807, 2.05) is 11.5 Å². The Balaban J connectivity index is 2.13. The summed E-state index contributed by atoms with van der Waals surface area (Å²) in [6.45, 7) is 0.430. The molecule has 7 nitrogen and oxygen atoms in total. The summed E-state index contributed by atoms with van der Waals surface area (Å²) in [5.41, 5.74) is 0.946. The van der Waals surface area contributed by atoms with Gasteiger partial charge in [-0.15, -0.1) is 0 Å². The molecule has 0 aliphatic heterocycles. The van der Waals surface area contributed by atoms with Crippen LogP contribution in [0.25, 0.3) is 0 Å². The fourth-order valence-corrected chi connectivity index (χ4v) is 1.77. The van der Waals surface area contributed by atoms with E-state index < -0.39 is 0 Å². The van der Waals surface area contributed by atoms with Crippen LogP contribution in [0.15, 0.2) is 23.5 Å². The van der Waals surface area contributed by atoms with Gasteiger partial charge < -0.3 is 5.32 Å². The molecule has 2 N–H and O–H groups in total. The standard InChI is InChI=1S/C10H7N7S/c11-3-8-9(18-6-12)10(17-16-8)15-5-7-4-13-1-2-14-7/h1-2,4H,5H2,(H2,15,16,17). The van der Waals surface area contributed by atoms with Gasteiger partial charge in [0.25, 0.3) is 0 Å². The maximum atomic E-state index is 8.84. The van der Waals surface area contributed by atoms with Crippen molar-refractivity contribution < 1.29 is 0 Å². The minimum absolute atomic E-state index is 0.197. The molecule has 0 aliphatic rings. The number of aromatic amines is 1. The van der Waals surface area contributed by atoms with Crippen molar-refractivity contribution in [1.29, 1.82) is 10.5 Å². The van der Waals surface area contributed by atoms with Crippen molar-refractivity contribution in [2.24, 2.45) is 0 Å². The van der Waals surface area contributed by atoms with Crippen LogP contribution in [-0.4, -0.2) is 20.2 Å². The van der Waals surface area contributed by atoms with Crippen LogP contribution in [0.1, 0.15) is 11.4 Å². The first-order valence-corrected chi connectivity index (χ1v) is 5.70. The predicted molar refractivity (Wildman–Crippen MR) is 64.1 cm³/mol. The van der Waals surface area contributed by atoms with E-state index in [1.165, 1.54) is 0 Å². The molecule has 8 heteroatoms. The van der Waals surface area contributed by atoms with Gasteiger partial charge >= 0.3 is 0 Å². The largest absolute Gasteiger partial charge is 0.364 e. The number of hydrogen-bond donors (Lipinski definition) is 2. The van der Waals surface area contributed by atoms with E-state index >= 15 is 0 Å². The lowest BCUT2D eigenvalue weighted by molar-refractivity contribution is 0.982. The van der Waals surface area contributed by atoms with E-state index in [0.29, 0.717) is 17.3 Å². The number of thioether (sulfide) groups is 1. The number of H-pyrrole nitrogens is 1. The van der Waals surface area contributed by atoms with Crippen LogP contribution in [-0.2, 0) is 6.54 Å². The maximum absolute atomic E-state index is 8.84. The second-order valence-corrected chi connectivity index (χ2v) is 3.93. The number of nitrogens with zero attached hydrogens (tertiary/aromatic N) is 5. The topological polar surface area (TPSA) is 114 Å². The fraction of sp³-hybridized carbons (Fsp3) is 0.100. The Hall–Kier alpha value is -2.58. The molecule has 0 spiro atoms. The minimum atomic E-state index is 0.197. The van der Waals surface area contributed by atoms with E-state index in [1.54, 1.807) is 18.6 Å². The molecule has 0 atom stereocenters. The Kier molecular flexibility index (Phi) is 3.74. The van der Waals surface area contributed by atoms with Gasteiger partial charge in [-0.05, 0) is 11.8 Å². The summed E-state index contributed by atoms with van der Waals surface area (Å²) < 4.78 is 0. The molecule has 0 saturated carbocycles. The summed E-state index contributed by atoms with van der Waals surface area (Å²) in [6, 6.07) is 1.92. The van der Waals surface area contributed by atoms with Crippen LogP contribution in [0.4, 0.5) is 5.82 Å². The van der Waals surface area contributed by atoms with Crippen LogP contribution >= 0.6 is 11.8 Å². The van der Waals surface area contributed by atoms with Crippen molar-refractivity contribution in [2.45, 2.75) is 11.4 Å². The average molecular weight is 257 g/mol. The summed E-state index contributed by atoms with van der Waals surface area (Å²) in [5.74, 6) is 0.531. The number of nitrogens with one attached hydrogen (secondary N) is 2. The first-order valence-electron chi connectivity index (χ1n) is 4.88. The van der Waals surface area contributed by atoms with Crippen LogP contribution in [0.5, 0.6) is 0 Å². The van der Waals surface area contributed by atoms with Crippen LogP contribution < -0.4 is 5.32 Å². The molecule has 0 saturated heterocycles. The summed E-state index contributed by atoms with van der Waals surface area (Å²) in [4.78, 5) is 8.53. The van der Waals surface area contributed by atoms with Gasteiger partial charge in [-0.3, -0.25) is 15.1 Å². The van der Waals surface area contributed by atoms with Gasteiger partial charge in [0, 0.05) is 12.4 Å². The average Bonchev–Trinajstić information content (AvgIpc) is 2.80. The number of rotatable bonds is 4. The normalized spacial score (nSPS) is 9.44. The number of thiocyanates is 1. The molecule has 0 fully saturated rings. The molecular weight excluding hydrogens is 250 g/mol. The molecule has 0 radical (unpaired) electrons. The highest BCUT2D eigenvalue weighted by Crippen LogP contribution is 2.27. The van der Waals surface area contributed by atoms with Gasteiger partial charge in [0.2, 0.25) is 0 Å². The number of aromatic nitrogens is 4. The first kappa shape index (κ1) is 11.9. The van der Waals surface area contributed by atoms with Crippen molar-refractivity contribution in [3.05, 3.63) is 30.0 Å². The summed E-state index contributed by atoms with van der Waals surface area (Å²) >= 11 is 0.886. The maximum Gasteiger partial charge on any atom is 0.179 e. The van der Waals surface area contributed by atoms with Gasteiger partial charge in [-0.1, -0.05) is 0 Å². The zero-order valence-corrected chi connectivity index (χ0v) is 9.90. The number of nitriles is 2. The summed E-state index contributed by atoms with van der Waals surface area (Å²) in [6.07, 6.45) is 4.81. The zero-order chi connectivity index (χ0) is 12.8. The van der Waals surface area contributed by atoms with Crippen molar-refractivity contribution in [3.8, 4) is 11.5 Å². The van der Waals surface area contributed by atoms with E-state index in [-0.39, 0.29) is 5.69 Å². The highest BCUT2D eigenvalue weighted by atomic mass is 32.2. The van der Waals surface area contributed by atoms with Crippen LogP contribution in [0, 0.1) is 22.0 Å². The molecule has 2 aromatic rings. The third kappa shape index (κ3) is 2.56. The molecule has 0 amide bonds. The molecule has 2 rings (SSSR count). The smallest absolute Gasteiger partial charge is 0.179 e. The lowest BCUT2D eigenvalue weighted by atomic mass is 10.4. The Labute approximate surface area is 107 Å². The molecule has 0 aromatic carbocycles. The molecule has 0 unspecified atom stereocenters. The zero-order valence-electron chi connectivity index (χ0n) is 9.08. The summed E-state index contributed by atoms with van der Waals surface area (Å²) in [7, 11) is 0. The monoisotopic (exact) mass is 257 g/mol. The van der Waals surface area contributed by atoms with E-state index in [9.17, 15) is 0 Å². The predicted octanol–water partition coefficient (Wildman–Crippen LogP) is 1.26. The highest BCUT2D eigenvalue weighted by molar-refractivity contribution is 8.04. The molecule has 0 bridgehead atoms. The number of hydrogen-bond acceptors (Lipinski definition) is 7. The van der Waals surface area contributed by atoms with E-state index in [2.05, 4.69) is 25.5 Å². The Morgan fingerprint density at radius 1 is 1.39 bits per heavy atom. The van der Waals surface area contributed by atoms with Gasteiger partial charge in [0.05, 0.1) is 18.4 Å². The van der Waals surface area contributed by atoms with Gasteiger partial charge in [0.1, 0.15) is 22.2 Å². The third-order valence-corrected chi connectivity index (χ3v) is 2.73. The molecule has 2 heterocycles. The molecule has 88 valence electrons. The highest BCUT2D eigenvalue weighted by Gasteiger charge is 2.13. The van der Waals surface area contributed by atoms with Crippen LogP contribution in [0.3, 0.4) is 0 Å². The van der Waals surface area contributed by atoms with Gasteiger partial charge in [-0.2, -0.15) is 15.6 Å². The Morgan fingerprint density at radius 3 is 2.94 bits per heavy atom. The Bertz CT molecular complexity index is 607. The van der Waals surface area contributed by atoms with E-state index in [4.69, 9.17) is 10.5 Å². The van der Waals surface area contributed by atoms with Crippen molar-refractivity contribution in [1.82, 2.24) is 20.2 Å². The molecule has 0 aliphatic carbocycles. The van der Waals surface area contributed by atoms with Crippen molar-refractivity contribution in [3.63, 3.8) is 0 Å². The van der Waals surface area contributed by atoms with Crippen molar-refractivity contribution in [2.75, 3.05) is 5.32 Å². The fourth-order valence-electron chi connectivity index (χ4n) is 1.27. The van der Waals surface area contributed by atoms with Gasteiger partial charge in [-0.25, -0.2) is 0 Å². The number of anilines is 1. The molecule has 2 aromatic heterocycles. The lowest BCUT2D eigenvalue weighted by Gasteiger charge is -2.03.